The first-order valence-corrected chi connectivity index (χ1v) is 4.19. The van der Waals surface area contributed by atoms with Crippen LogP contribution in [0, 0.1) is 0 Å². The molecule has 0 radical (unpaired) electrons. The highest BCUT2D eigenvalue weighted by Crippen LogP contribution is 1.99. The van der Waals surface area contributed by atoms with Crippen molar-refractivity contribution in [1.29, 1.82) is 0 Å². The second kappa shape index (κ2) is 6.23. The molecule has 2 heteroatoms. The molecule has 0 spiro atoms. The summed E-state index contributed by atoms with van der Waals surface area (Å²) in [4.78, 5) is 2.12. The van der Waals surface area contributed by atoms with E-state index in [0.29, 0.717) is 0 Å². The van der Waals surface area contributed by atoms with Gasteiger partial charge in [-0.2, -0.15) is 0 Å². The Kier molecular flexibility index (Phi) is 5.94. The zero-order valence-electron chi connectivity index (χ0n) is 7.80. The highest BCUT2D eigenvalue weighted by molar-refractivity contribution is 4.95. The van der Waals surface area contributed by atoms with Gasteiger partial charge in [-0.3, -0.25) is 0 Å². The summed E-state index contributed by atoms with van der Waals surface area (Å²) in [6.45, 7) is 5.48. The van der Waals surface area contributed by atoms with E-state index in [1.54, 1.807) is 0 Å². The Hall–Kier alpha value is -0.500. The van der Waals surface area contributed by atoms with Crippen molar-refractivity contribution in [3.05, 3.63) is 11.8 Å². The molecule has 0 aliphatic carbocycles. The largest absolute Gasteiger partial charge is 0.396 e. The molecule has 0 fully saturated rings. The van der Waals surface area contributed by atoms with Crippen molar-refractivity contribution in [1.82, 2.24) is 4.90 Å². The van der Waals surface area contributed by atoms with Crippen LogP contribution in [0.2, 0.25) is 0 Å². The molecule has 66 valence electrons. The first-order valence-electron chi connectivity index (χ1n) is 4.19. The summed E-state index contributed by atoms with van der Waals surface area (Å²) in [7, 11) is 2.04. The summed E-state index contributed by atoms with van der Waals surface area (Å²) in [5, 5.41) is 8.56. The lowest BCUT2D eigenvalue weighted by molar-refractivity contribution is 0.269. The van der Waals surface area contributed by atoms with Crippen LogP contribution in [0.25, 0.3) is 0 Å². The predicted molar refractivity (Wildman–Crippen MR) is 48.4 cm³/mol. The maximum atomic E-state index is 8.56. The molecule has 0 aromatic rings. The highest BCUT2D eigenvalue weighted by Gasteiger charge is 1.91. The number of hydrogen-bond acceptors (Lipinski definition) is 2. The van der Waals surface area contributed by atoms with Crippen molar-refractivity contribution < 1.29 is 5.11 Å². The van der Waals surface area contributed by atoms with Gasteiger partial charge in [0.25, 0.3) is 0 Å². The van der Waals surface area contributed by atoms with E-state index < -0.39 is 0 Å². The molecule has 0 unspecified atom stereocenters. The van der Waals surface area contributed by atoms with Crippen LogP contribution in [0.4, 0.5) is 0 Å². The second-order valence-electron chi connectivity index (χ2n) is 2.89. The third-order valence-corrected chi connectivity index (χ3v) is 1.67. The Balaban J connectivity index is 3.57. The van der Waals surface area contributed by atoms with Crippen LogP contribution in [-0.2, 0) is 0 Å². The Morgan fingerprint density at radius 2 is 2.18 bits per heavy atom. The van der Waals surface area contributed by atoms with Crippen LogP contribution in [0.5, 0.6) is 0 Å². The number of hydrogen-bond donors (Lipinski definition) is 1. The van der Waals surface area contributed by atoms with E-state index in [1.807, 2.05) is 7.05 Å². The molecule has 0 saturated heterocycles. The van der Waals surface area contributed by atoms with Gasteiger partial charge >= 0.3 is 0 Å². The maximum absolute atomic E-state index is 8.56. The fourth-order valence-corrected chi connectivity index (χ4v) is 0.852. The van der Waals surface area contributed by atoms with Crippen molar-refractivity contribution in [2.24, 2.45) is 0 Å². The summed E-state index contributed by atoms with van der Waals surface area (Å²) in [6, 6.07) is 0. The number of aliphatic hydroxyl groups excluding tert-OH is 1. The zero-order valence-corrected chi connectivity index (χ0v) is 7.80. The van der Waals surface area contributed by atoms with E-state index >= 15 is 0 Å². The molecule has 0 aliphatic heterocycles. The normalized spacial score (nSPS) is 11.8. The summed E-state index contributed by atoms with van der Waals surface area (Å²) in [6.07, 6.45) is 4.09. The first-order chi connectivity index (χ1) is 5.20. The minimum atomic E-state index is 0.281. The van der Waals surface area contributed by atoms with Gasteiger partial charge in [-0.1, -0.05) is 12.5 Å². The SMILES string of the molecule is CC/C(C)=C/N(C)CCCO. The smallest absolute Gasteiger partial charge is 0.0447 e. The zero-order chi connectivity index (χ0) is 8.69. The summed E-state index contributed by atoms with van der Waals surface area (Å²) < 4.78 is 0. The molecule has 0 aliphatic rings. The number of nitrogens with zero attached hydrogens (tertiary/aromatic N) is 1. The van der Waals surface area contributed by atoms with E-state index in [1.165, 1.54) is 5.57 Å². The molecular formula is C9H19NO. The van der Waals surface area contributed by atoms with E-state index in [0.717, 1.165) is 19.4 Å². The van der Waals surface area contributed by atoms with Gasteiger partial charge in [-0.25, -0.2) is 0 Å². The van der Waals surface area contributed by atoms with Crippen LogP contribution in [0.3, 0.4) is 0 Å². The highest BCUT2D eigenvalue weighted by atomic mass is 16.3. The Labute approximate surface area is 69.5 Å². The lowest BCUT2D eigenvalue weighted by atomic mass is 10.2. The molecule has 11 heavy (non-hydrogen) atoms. The lowest BCUT2D eigenvalue weighted by Crippen LogP contribution is -2.13. The summed E-state index contributed by atoms with van der Waals surface area (Å²) >= 11 is 0. The van der Waals surface area contributed by atoms with Crippen LogP contribution in [0.1, 0.15) is 26.7 Å². The third kappa shape index (κ3) is 5.92. The van der Waals surface area contributed by atoms with Gasteiger partial charge in [-0.15, -0.1) is 0 Å². The van der Waals surface area contributed by atoms with E-state index in [4.69, 9.17) is 5.11 Å². The average Bonchev–Trinajstić information content (AvgIpc) is 2.00. The molecule has 0 atom stereocenters. The molecule has 0 saturated carbocycles. The van der Waals surface area contributed by atoms with E-state index in [9.17, 15) is 0 Å². The molecule has 0 aromatic carbocycles. The van der Waals surface area contributed by atoms with Crippen molar-refractivity contribution in [2.75, 3.05) is 20.2 Å². The molecule has 0 amide bonds. The van der Waals surface area contributed by atoms with Crippen molar-refractivity contribution in [3.8, 4) is 0 Å². The van der Waals surface area contributed by atoms with Crippen LogP contribution >= 0.6 is 0 Å². The van der Waals surface area contributed by atoms with Crippen LogP contribution in [-0.4, -0.2) is 30.2 Å². The molecule has 0 aromatic heterocycles. The number of aliphatic hydroxyl groups is 1. The Bertz CT molecular complexity index is 121. The van der Waals surface area contributed by atoms with Gasteiger partial charge in [0.1, 0.15) is 0 Å². The molecular weight excluding hydrogens is 138 g/mol. The summed E-state index contributed by atoms with van der Waals surface area (Å²) in [5.41, 5.74) is 1.38. The predicted octanol–water partition coefficient (Wildman–Crippen LogP) is 1.61. The number of rotatable bonds is 5. The molecule has 2 nitrogen and oxygen atoms in total. The fraction of sp³-hybridized carbons (Fsp3) is 0.778. The quantitative estimate of drug-likeness (QED) is 0.655. The van der Waals surface area contributed by atoms with Crippen LogP contribution < -0.4 is 0 Å². The monoisotopic (exact) mass is 157 g/mol. The summed E-state index contributed by atoms with van der Waals surface area (Å²) in [5.74, 6) is 0. The first kappa shape index (κ1) is 10.5. The maximum Gasteiger partial charge on any atom is 0.0447 e. The van der Waals surface area contributed by atoms with Crippen molar-refractivity contribution in [2.45, 2.75) is 26.7 Å². The third-order valence-electron chi connectivity index (χ3n) is 1.67. The Morgan fingerprint density at radius 3 is 2.64 bits per heavy atom. The molecule has 0 heterocycles. The van der Waals surface area contributed by atoms with Gasteiger partial charge in [0.2, 0.25) is 0 Å². The molecule has 0 rings (SSSR count). The molecule has 0 bridgehead atoms. The number of allylic oxidation sites excluding steroid dienone is 1. The Morgan fingerprint density at radius 1 is 1.55 bits per heavy atom. The van der Waals surface area contributed by atoms with E-state index in [2.05, 4.69) is 24.9 Å². The molecule has 1 N–H and O–H groups in total. The minimum absolute atomic E-state index is 0.281. The van der Waals surface area contributed by atoms with Gasteiger partial charge in [-0.05, 0) is 26.0 Å². The van der Waals surface area contributed by atoms with Gasteiger partial charge in [0.05, 0.1) is 0 Å². The van der Waals surface area contributed by atoms with Gasteiger partial charge in [0.15, 0.2) is 0 Å². The van der Waals surface area contributed by atoms with Crippen LogP contribution in [0.15, 0.2) is 11.8 Å². The minimum Gasteiger partial charge on any atom is -0.396 e. The van der Waals surface area contributed by atoms with Gasteiger partial charge in [0, 0.05) is 20.2 Å². The standard InChI is InChI=1S/C9H19NO/c1-4-9(2)8-10(3)6-5-7-11/h8,11H,4-7H2,1-3H3/b9-8+. The topological polar surface area (TPSA) is 23.5 Å². The lowest BCUT2D eigenvalue weighted by Gasteiger charge is -2.13. The van der Waals surface area contributed by atoms with Crippen molar-refractivity contribution >= 4 is 0 Å². The van der Waals surface area contributed by atoms with Gasteiger partial charge < -0.3 is 10.0 Å². The van der Waals surface area contributed by atoms with E-state index in [-0.39, 0.29) is 6.61 Å². The second-order valence-corrected chi connectivity index (χ2v) is 2.89. The van der Waals surface area contributed by atoms with Crippen molar-refractivity contribution in [3.63, 3.8) is 0 Å². The average molecular weight is 157 g/mol. The fourth-order valence-electron chi connectivity index (χ4n) is 0.852.